The zero-order chi connectivity index (χ0) is 7.49. The maximum Gasteiger partial charge on any atom is 0.265 e. The summed E-state index contributed by atoms with van der Waals surface area (Å²) in [7, 11) is -3.81. The molecule has 9 heavy (non-hydrogen) atoms. The molecular formula is C4H10O3S2. The predicted octanol–water partition coefficient (Wildman–Crippen LogP) is 0.583. The molecule has 0 aliphatic rings. The molecule has 0 saturated heterocycles. The average Bonchev–Trinajstić information content (AvgIpc) is 1.62. The van der Waals surface area contributed by atoms with E-state index >= 15 is 0 Å². The van der Waals surface area contributed by atoms with Crippen LogP contribution in [0, 0.1) is 0 Å². The molecule has 0 aromatic carbocycles. The van der Waals surface area contributed by atoms with E-state index in [0.717, 1.165) is 0 Å². The maximum absolute atomic E-state index is 10.1. The van der Waals surface area contributed by atoms with Gasteiger partial charge in [0, 0.05) is 5.25 Å². The monoisotopic (exact) mass is 170 g/mol. The van der Waals surface area contributed by atoms with Crippen LogP contribution in [0.5, 0.6) is 0 Å². The van der Waals surface area contributed by atoms with Crippen LogP contribution in [0.3, 0.4) is 0 Å². The van der Waals surface area contributed by atoms with E-state index in [1.807, 2.05) is 6.92 Å². The standard InChI is InChI=1S/C4H10O3S2/c1-2-4(8)3-9(5,6)7/h4,8H,2-3H2,1H3,(H,5,6,7). The molecule has 5 heteroatoms. The van der Waals surface area contributed by atoms with E-state index in [-0.39, 0.29) is 11.0 Å². The van der Waals surface area contributed by atoms with Crippen molar-refractivity contribution < 1.29 is 13.0 Å². The Hall–Kier alpha value is 0.260. The first-order chi connectivity index (χ1) is 3.95. The Morgan fingerprint density at radius 1 is 1.67 bits per heavy atom. The van der Waals surface area contributed by atoms with Gasteiger partial charge in [0.15, 0.2) is 0 Å². The number of hydrogen-bond donors (Lipinski definition) is 2. The Labute approximate surface area is 60.6 Å². The molecule has 1 N–H and O–H groups in total. The Morgan fingerprint density at radius 3 is 2.22 bits per heavy atom. The van der Waals surface area contributed by atoms with E-state index in [1.165, 1.54) is 0 Å². The molecule has 0 bridgehead atoms. The lowest BCUT2D eigenvalue weighted by molar-refractivity contribution is 0.481. The molecule has 0 aromatic rings. The number of hydrogen-bond acceptors (Lipinski definition) is 3. The summed E-state index contributed by atoms with van der Waals surface area (Å²) in [4.78, 5) is 0. The van der Waals surface area contributed by atoms with Gasteiger partial charge in [0.25, 0.3) is 10.1 Å². The third kappa shape index (κ3) is 6.14. The highest BCUT2D eigenvalue weighted by Gasteiger charge is 2.09. The zero-order valence-electron chi connectivity index (χ0n) is 5.11. The summed E-state index contributed by atoms with van der Waals surface area (Å²) in [5.41, 5.74) is 0. The lowest BCUT2D eigenvalue weighted by Gasteiger charge is -2.02. The van der Waals surface area contributed by atoms with Crippen molar-refractivity contribution in [2.45, 2.75) is 18.6 Å². The molecule has 0 fully saturated rings. The SMILES string of the molecule is CCC(S)CS(=O)(=O)O. The Kier molecular flexibility index (Phi) is 3.53. The molecular weight excluding hydrogens is 160 g/mol. The quantitative estimate of drug-likeness (QED) is 0.481. The maximum atomic E-state index is 10.1. The molecule has 0 rings (SSSR count). The van der Waals surface area contributed by atoms with Crippen molar-refractivity contribution in [1.82, 2.24) is 0 Å². The normalized spacial score (nSPS) is 15.4. The highest BCUT2D eigenvalue weighted by Crippen LogP contribution is 2.02. The van der Waals surface area contributed by atoms with Crippen LogP contribution >= 0.6 is 12.6 Å². The summed E-state index contributed by atoms with van der Waals surface area (Å²) < 4.78 is 28.5. The van der Waals surface area contributed by atoms with Crippen LogP contribution in [0.4, 0.5) is 0 Å². The first-order valence-electron chi connectivity index (χ1n) is 2.59. The molecule has 0 amide bonds. The van der Waals surface area contributed by atoms with Gasteiger partial charge >= 0.3 is 0 Å². The van der Waals surface area contributed by atoms with Crippen molar-refractivity contribution in [2.24, 2.45) is 0 Å². The second kappa shape index (κ2) is 3.43. The van der Waals surface area contributed by atoms with Gasteiger partial charge in [-0.05, 0) is 6.42 Å². The van der Waals surface area contributed by atoms with E-state index in [0.29, 0.717) is 6.42 Å². The van der Waals surface area contributed by atoms with Gasteiger partial charge in [-0.3, -0.25) is 4.55 Å². The van der Waals surface area contributed by atoms with Gasteiger partial charge in [-0.1, -0.05) is 6.92 Å². The minimum Gasteiger partial charge on any atom is -0.286 e. The number of thiol groups is 1. The van der Waals surface area contributed by atoms with Gasteiger partial charge in [-0.2, -0.15) is 21.0 Å². The third-order valence-electron chi connectivity index (χ3n) is 0.874. The molecule has 3 nitrogen and oxygen atoms in total. The van der Waals surface area contributed by atoms with Crippen LogP contribution < -0.4 is 0 Å². The summed E-state index contributed by atoms with van der Waals surface area (Å²) in [6.07, 6.45) is 0.642. The van der Waals surface area contributed by atoms with Crippen molar-refractivity contribution in [1.29, 1.82) is 0 Å². The molecule has 0 radical (unpaired) electrons. The van der Waals surface area contributed by atoms with Crippen molar-refractivity contribution in [3.8, 4) is 0 Å². The molecule has 0 aliphatic heterocycles. The highest BCUT2D eigenvalue weighted by molar-refractivity contribution is 7.88. The lowest BCUT2D eigenvalue weighted by Crippen LogP contribution is -2.14. The minimum atomic E-state index is -3.81. The molecule has 0 heterocycles. The Balaban J connectivity index is 3.75. The van der Waals surface area contributed by atoms with Crippen LogP contribution in [0.2, 0.25) is 0 Å². The van der Waals surface area contributed by atoms with Crippen LogP contribution in [-0.4, -0.2) is 24.0 Å². The summed E-state index contributed by atoms with van der Waals surface area (Å²) in [5, 5.41) is -0.250. The zero-order valence-corrected chi connectivity index (χ0v) is 6.82. The molecule has 0 spiro atoms. The topological polar surface area (TPSA) is 54.4 Å². The van der Waals surface area contributed by atoms with E-state index in [9.17, 15) is 8.42 Å². The average molecular weight is 170 g/mol. The molecule has 0 aliphatic carbocycles. The van der Waals surface area contributed by atoms with Gasteiger partial charge in [0.05, 0.1) is 5.75 Å². The van der Waals surface area contributed by atoms with Crippen LogP contribution in [0.1, 0.15) is 13.3 Å². The Morgan fingerprint density at radius 2 is 2.11 bits per heavy atom. The fraction of sp³-hybridized carbons (Fsp3) is 1.00. The van der Waals surface area contributed by atoms with Crippen LogP contribution in [0.15, 0.2) is 0 Å². The summed E-state index contributed by atoms with van der Waals surface area (Å²) in [5.74, 6) is -0.257. The van der Waals surface area contributed by atoms with E-state index in [1.54, 1.807) is 0 Å². The fourth-order valence-corrected chi connectivity index (χ4v) is 1.65. The van der Waals surface area contributed by atoms with Crippen molar-refractivity contribution in [3.05, 3.63) is 0 Å². The first-order valence-corrected chi connectivity index (χ1v) is 4.71. The van der Waals surface area contributed by atoms with Gasteiger partial charge in [-0.15, -0.1) is 0 Å². The van der Waals surface area contributed by atoms with Crippen LogP contribution in [0.25, 0.3) is 0 Å². The van der Waals surface area contributed by atoms with E-state index in [4.69, 9.17) is 4.55 Å². The van der Waals surface area contributed by atoms with E-state index in [2.05, 4.69) is 12.6 Å². The summed E-state index contributed by atoms with van der Waals surface area (Å²) >= 11 is 3.88. The van der Waals surface area contributed by atoms with Crippen LogP contribution in [-0.2, 0) is 10.1 Å². The molecule has 0 aromatic heterocycles. The van der Waals surface area contributed by atoms with Gasteiger partial charge in [0.1, 0.15) is 0 Å². The highest BCUT2D eigenvalue weighted by atomic mass is 32.2. The van der Waals surface area contributed by atoms with Crippen molar-refractivity contribution in [3.63, 3.8) is 0 Å². The summed E-state index contributed by atoms with van der Waals surface area (Å²) in [6, 6.07) is 0. The van der Waals surface area contributed by atoms with Gasteiger partial charge in [0.2, 0.25) is 0 Å². The second-order valence-electron chi connectivity index (χ2n) is 1.81. The van der Waals surface area contributed by atoms with Crippen molar-refractivity contribution >= 4 is 22.7 Å². The van der Waals surface area contributed by atoms with E-state index < -0.39 is 10.1 Å². The molecule has 1 atom stereocenters. The van der Waals surface area contributed by atoms with Crippen molar-refractivity contribution in [2.75, 3.05) is 5.75 Å². The molecule has 56 valence electrons. The lowest BCUT2D eigenvalue weighted by atomic mass is 10.4. The largest absolute Gasteiger partial charge is 0.286 e. The van der Waals surface area contributed by atoms with Gasteiger partial charge < -0.3 is 0 Å². The first kappa shape index (κ1) is 9.26. The third-order valence-corrected chi connectivity index (χ3v) is 2.49. The smallest absolute Gasteiger partial charge is 0.265 e. The molecule has 0 saturated carbocycles. The number of rotatable bonds is 3. The fourth-order valence-electron chi connectivity index (χ4n) is 0.361. The van der Waals surface area contributed by atoms with Gasteiger partial charge in [-0.25, -0.2) is 0 Å². The minimum absolute atomic E-state index is 0.250. The Bertz CT molecular complexity index is 161. The molecule has 1 unspecified atom stereocenters. The predicted molar refractivity (Wildman–Crippen MR) is 39.5 cm³/mol. The summed E-state index contributed by atoms with van der Waals surface area (Å²) in [6.45, 7) is 1.81. The second-order valence-corrected chi connectivity index (χ2v) is 4.04.